The topological polar surface area (TPSA) is 92.5 Å². The van der Waals surface area contributed by atoms with Crippen LogP contribution in [0.3, 0.4) is 0 Å². The molecule has 1 aliphatic carbocycles. The van der Waals surface area contributed by atoms with Gasteiger partial charge in [0, 0.05) is 11.6 Å². The van der Waals surface area contributed by atoms with Crippen molar-refractivity contribution in [2.45, 2.75) is 31.8 Å². The smallest absolute Gasteiger partial charge is 0.289 e. The molecule has 0 aromatic heterocycles. The van der Waals surface area contributed by atoms with E-state index in [2.05, 4.69) is 5.32 Å². The molecule has 2 aliphatic rings. The molecule has 1 saturated carbocycles. The summed E-state index contributed by atoms with van der Waals surface area (Å²) in [4.78, 5) is 37.1. The third kappa shape index (κ3) is 4.54. The Hall–Kier alpha value is -1.57. The van der Waals surface area contributed by atoms with Crippen molar-refractivity contribution in [2.75, 3.05) is 12.3 Å². The van der Waals surface area contributed by atoms with Crippen LogP contribution in [0.15, 0.2) is 24.3 Å². The predicted octanol–water partition coefficient (Wildman–Crippen LogP) is 2.16. The van der Waals surface area contributed by atoms with Crippen LogP contribution in [0, 0.1) is 5.92 Å². The van der Waals surface area contributed by atoms with Gasteiger partial charge in [-0.25, -0.2) is 0 Å². The Morgan fingerprint density at radius 3 is 2.80 bits per heavy atom. The molecule has 1 aliphatic heterocycles. The van der Waals surface area contributed by atoms with E-state index in [9.17, 15) is 14.4 Å². The van der Waals surface area contributed by atoms with Gasteiger partial charge in [0.15, 0.2) is 0 Å². The molecule has 136 valence electrons. The number of carbonyl (C=O) groups excluding carboxylic acids is 3. The van der Waals surface area contributed by atoms with Crippen LogP contribution < -0.4 is 11.1 Å². The van der Waals surface area contributed by atoms with Crippen LogP contribution in [0.1, 0.15) is 35.2 Å². The Kier molecular flexibility index (Phi) is 6.87. The first-order valence-electron chi connectivity index (χ1n) is 8.15. The zero-order chi connectivity index (χ0) is 17.1. The van der Waals surface area contributed by atoms with E-state index in [1.54, 1.807) is 18.2 Å². The zero-order valence-corrected chi connectivity index (χ0v) is 15.4. The third-order valence-corrected chi connectivity index (χ3v) is 5.51. The van der Waals surface area contributed by atoms with Crippen molar-refractivity contribution in [2.24, 2.45) is 11.7 Å². The molecule has 1 saturated heterocycles. The number of imide groups is 1. The fraction of sp³-hybridized carbons (Fsp3) is 0.471. The van der Waals surface area contributed by atoms with E-state index in [0.29, 0.717) is 18.0 Å². The molecule has 2 atom stereocenters. The van der Waals surface area contributed by atoms with E-state index in [4.69, 9.17) is 5.73 Å². The molecule has 1 aromatic carbocycles. The van der Waals surface area contributed by atoms with Gasteiger partial charge in [-0.15, -0.1) is 12.4 Å². The quantitative estimate of drug-likeness (QED) is 0.812. The van der Waals surface area contributed by atoms with E-state index in [1.807, 2.05) is 6.07 Å². The molecule has 0 bridgehead atoms. The lowest BCUT2D eigenvalue weighted by atomic mass is 10.0. The minimum atomic E-state index is -0.230. The normalized spacial score (nSPS) is 22.8. The number of benzene rings is 1. The van der Waals surface area contributed by atoms with Gasteiger partial charge >= 0.3 is 0 Å². The van der Waals surface area contributed by atoms with Gasteiger partial charge in [0.2, 0.25) is 5.91 Å². The van der Waals surface area contributed by atoms with Gasteiger partial charge in [-0.05, 0) is 43.0 Å². The minimum Gasteiger partial charge on any atom is -0.349 e. The summed E-state index contributed by atoms with van der Waals surface area (Å²) in [6.45, 7) is 0.794. The summed E-state index contributed by atoms with van der Waals surface area (Å²) in [6, 6.07) is 7.21. The Morgan fingerprint density at radius 1 is 1.32 bits per heavy atom. The summed E-state index contributed by atoms with van der Waals surface area (Å²) in [5.74, 6) is 0.225. The summed E-state index contributed by atoms with van der Waals surface area (Å²) in [7, 11) is 0. The molecule has 1 aromatic rings. The van der Waals surface area contributed by atoms with Crippen LogP contribution in [0.4, 0.5) is 4.79 Å². The maximum atomic E-state index is 12.5. The number of nitrogens with two attached hydrogens (primary N) is 1. The maximum Gasteiger partial charge on any atom is 0.289 e. The Labute approximate surface area is 157 Å². The number of rotatable bonds is 5. The summed E-state index contributed by atoms with van der Waals surface area (Å²) in [5, 5.41) is 2.83. The predicted molar refractivity (Wildman–Crippen MR) is 99.7 cm³/mol. The molecule has 2 unspecified atom stereocenters. The van der Waals surface area contributed by atoms with Crippen LogP contribution in [0.5, 0.6) is 0 Å². The highest BCUT2D eigenvalue weighted by atomic mass is 35.5. The number of nitrogens with zero attached hydrogens (tertiary/aromatic N) is 1. The number of nitrogens with one attached hydrogen (secondary N) is 1. The molecule has 0 spiro atoms. The van der Waals surface area contributed by atoms with Gasteiger partial charge in [0.1, 0.15) is 0 Å². The lowest BCUT2D eigenvalue weighted by molar-refractivity contribution is -0.125. The Bertz CT molecular complexity index is 654. The highest BCUT2D eigenvalue weighted by molar-refractivity contribution is 8.14. The van der Waals surface area contributed by atoms with Crippen molar-refractivity contribution in [3.8, 4) is 0 Å². The molecule has 25 heavy (non-hydrogen) atoms. The molecule has 3 N–H and O–H groups in total. The largest absolute Gasteiger partial charge is 0.349 e. The van der Waals surface area contributed by atoms with Crippen LogP contribution in [-0.2, 0) is 11.3 Å². The van der Waals surface area contributed by atoms with Crippen molar-refractivity contribution in [3.63, 3.8) is 0 Å². The molecule has 6 nitrogen and oxygen atoms in total. The monoisotopic (exact) mass is 383 g/mol. The van der Waals surface area contributed by atoms with Gasteiger partial charge in [-0.2, -0.15) is 0 Å². The number of hydrogen-bond donors (Lipinski definition) is 2. The second-order valence-electron chi connectivity index (χ2n) is 6.24. The minimum absolute atomic E-state index is 0. The molecule has 8 heteroatoms. The first-order valence-corrected chi connectivity index (χ1v) is 9.14. The Morgan fingerprint density at radius 2 is 2.12 bits per heavy atom. The summed E-state index contributed by atoms with van der Waals surface area (Å²) >= 11 is 1.01. The van der Waals surface area contributed by atoms with Gasteiger partial charge in [-0.3, -0.25) is 19.3 Å². The standard InChI is InChI=1S/C17H21N3O3S.ClH/c18-8-13-5-2-6-14(13)19-16(22)12-4-1-3-11(7-12)9-20-15(21)10-24-17(20)23;/h1,3-4,7,13-14H,2,5-6,8-10,18H2,(H,19,22);1H. The molecule has 1 heterocycles. The number of carbonyl (C=O) groups is 3. The van der Waals surface area contributed by atoms with Crippen LogP contribution in [0.2, 0.25) is 0 Å². The van der Waals surface area contributed by atoms with Gasteiger partial charge in [0.25, 0.3) is 11.1 Å². The number of thioether (sulfide) groups is 1. The third-order valence-electron chi connectivity index (χ3n) is 4.65. The first-order chi connectivity index (χ1) is 11.6. The average molecular weight is 384 g/mol. The summed E-state index contributed by atoms with van der Waals surface area (Å²) in [5.41, 5.74) is 7.07. The Balaban J connectivity index is 0.00000225. The van der Waals surface area contributed by atoms with E-state index in [0.717, 1.165) is 36.6 Å². The van der Waals surface area contributed by atoms with Crippen molar-refractivity contribution in [1.29, 1.82) is 0 Å². The van der Waals surface area contributed by atoms with Gasteiger partial charge < -0.3 is 11.1 Å². The fourth-order valence-electron chi connectivity index (χ4n) is 3.29. The van der Waals surface area contributed by atoms with Crippen molar-refractivity contribution < 1.29 is 14.4 Å². The summed E-state index contributed by atoms with van der Waals surface area (Å²) in [6.07, 6.45) is 3.10. The molecule has 3 amide bonds. The van der Waals surface area contributed by atoms with E-state index in [1.165, 1.54) is 4.90 Å². The highest BCUT2D eigenvalue weighted by Crippen LogP contribution is 2.25. The van der Waals surface area contributed by atoms with E-state index >= 15 is 0 Å². The second kappa shape index (κ2) is 8.69. The number of halogens is 1. The lowest BCUT2D eigenvalue weighted by Gasteiger charge is -2.20. The maximum absolute atomic E-state index is 12.5. The van der Waals surface area contributed by atoms with Gasteiger partial charge in [-0.1, -0.05) is 30.3 Å². The molecular formula is C17H22ClN3O3S. The highest BCUT2D eigenvalue weighted by Gasteiger charge is 2.30. The van der Waals surface area contributed by atoms with Crippen LogP contribution in [-0.4, -0.2) is 40.3 Å². The van der Waals surface area contributed by atoms with E-state index < -0.39 is 0 Å². The molecular weight excluding hydrogens is 362 g/mol. The van der Waals surface area contributed by atoms with Crippen LogP contribution >= 0.6 is 24.2 Å². The molecule has 3 rings (SSSR count). The lowest BCUT2D eigenvalue weighted by Crippen LogP contribution is -2.39. The first kappa shape index (κ1) is 19.8. The fourth-order valence-corrected chi connectivity index (χ4v) is 4.01. The second-order valence-corrected chi connectivity index (χ2v) is 7.17. The van der Waals surface area contributed by atoms with Crippen molar-refractivity contribution >= 4 is 41.2 Å². The van der Waals surface area contributed by atoms with Crippen molar-refractivity contribution in [1.82, 2.24) is 10.2 Å². The zero-order valence-electron chi connectivity index (χ0n) is 13.8. The average Bonchev–Trinajstić information content (AvgIpc) is 3.16. The van der Waals surface area contributed by atoms with E-state index in [-0.39, 0.29) is 47.8 Å². The SMILES string of the molecule is Cl.NCC1CCCC1NC(=O)c1cccc(CN2C(=O)CSC2=O)c1. The van der Waals surface area contributed by atoms with Crippen molar-refractivity contribution in [3.05, 3.63) is 35.4 Å². The molecule has 0 radical (unpaired) electrons. The van der Waals surface area contributed by atoms with Crippen LogP contribution in [0.25, 0.3) is 0 Å². The summed E-state index contributed by atoms with van der Waals surface area (Å²) < 4.78 is 0. The molecule has 2 fully saturated rings. The number of amides is 3. The van der Waals surface area contributed by atoms with Gasteiger partial charge in [0.05, 0.1) is 12.3 Å². The number of hydrogen-bond acceptors (Lipinski definition) is 5.